The highest BCUT2D eigenvalue weighted by Gasteiger charge is 2.21. The van der Waals surface area contributed by atoms with Crippen LogP contribution in [0.2, 0.25) is 0 Å². The van der Waals surface area contributed by atoms with Gasteiger partial charge in [0.25, 0.3) is 0 Å². The Morgan fingerprint density at radius 1 is 1.26 bits per heavy atom. The highest BCUT2D eigenvalue weighted by atomic mass is 16.4. The Morgan fingerprint density at radius 3 is 2.42 bits per heavy atom. The van der Waals surface area contributed by atoms with Crippen molar-refractivity contribution in [2.45, 2.75) is 26.3 Å². The molecule has 5 heteroatoms. The number of benzene rings is 1. The van der Waals surface area contributed by atoms with Gasteiger partial charge >= 0.3 is 12.0 Å². The van der Waals surface area contributed by atoms with Crippen molar-refractivity contribution >= 4 is 12.0 Å². The fourth-order valence-corrected chi connectivity index (χ4v) is 1.53. The van der Waals surface area contributed by atoms with Gasteiger partial charge in [0, 0.05) is 6.54 Å². The molecule has 1 aromatic carbocycles. The van der Waals surface area contributed by atoms with E-state index in [1.54, 1.807) is 30.3 Å². The van der Waals surface area contributed by atoms with Crippen LogP contribution in [-0.4, -0.2) is 23.7 Å². The summed E-state index contributed by atoms with van der Waals surface area (Å²) < 4.78 is 0. The monoisotopic (exact) mass is 264 g/mol. The lowest BCUT2D eigenvalue weighted by Crippen LogP contribution is -2.42. The van der Waals surface area contributed by atoms with Gasteiger partial charge in [0.15, 0.2) is 6.04 Å². The maximum atomic E-state index is 11.7. The van der Waals surface area contributed by atoms with E-state index in [0.717, 1.165) is 6.42 Å². The maximum Gasteiger partial charge on any atom is 0.330 e. The number of urea groups is 1. The predicted octanol–water partition coefficient (Wildman–Crippen LogP) is 2.16. The van der Waals surface area contributed by atoms with Gasteiger partial charge in [-0.15, -0.1) is 0 Å². The average Bonchev–Trinajstić information content (AvgIpc) is 2.42. The summed E-state index contributed by atoms with van der Waals surface area (Å²) in [5.74, 6) is -0.712. The van der Waals surface area contributed by atoms with E-state index >= 15 is 0 Å². The largest absolute Gasteiger partial charge is 0.479 e. The second-order valence-electron chi connectivity index (χ2n) is 4.55. The Bertz CT molecular complexity index is 420. The van der Waals surface area contributed by atoms with Crippen molar-refractivity contribution in [1.29, 1.82) is 0 Å². The molecule has 1 rings (SSSR count). The molecule has 0 saturated carbocycles. The molecule has 0 fully saturated rings. The number of carbonyl (C=O) groups is 2. The van der Waals surface area contributed by atoms with Gasteiger partial charge in [0.2, 0.25) is 0 Å². The molecule has 0 aliphatic carbocycles. The minimum atomic E-state index is -1.08. The molecule has 1 aromatic rings. The second-order valence-corrected chi connectivity index (χ2v) is 4.55. The lowest BCUT2D eigenvalue weighted by molar-refractivity contribution is -0.139. The smallest absolute Gasteiger partial charge is 0.330 e. The molecule has 0 radical (unpaired) electrons. The standard InChI is InChI=1S/C14H20N2O3/c1-3-10(2)9-15-14(19)16-12(13(17)18)11-7-5-4-6-8-11/h4-8,10,12H,3,9H2,1-2H3,(H,17,18)(H2,15,16,19). The van der Waals surface area contributed by atoms with Crippen molar-refractivity contribution in [2.24, 2.45) is 5.92 Å². The molecule has 2 unspecified atom stereocenters. The van der Waals surface area contributed by atoms with Crippen molar-refractivity contribution in [3.63, 3.8) is 0 Å². The van der Waals surface area contributed by atoms with Gasteiger partial charge < -0.3 is 15.7 Å². The van der Waals surface area contributed by atoms with E-state index in [-0.39, 0.29) is 0 Å². The van der Waals surface area contributed by atoms with Crippen molar-refractivity contribution in [3.8, 4) is 0 Å². The number of carbonyl (C=O) groups excluding carboxylic acids is 1. The van der Waals surface area contributed by atoms with E-state index in [1.807, 2.05) is 13.8 Å². The first kappa shape index (κ1) is 15.0. The molecule has 0 saturated heterocycles. The van der Waals surface area contributed by atoms with E-state index in [2.05, 4.69) is 10.6 Å². The molecule has 2 atom stereocenters. The molecule has 19 heavy (non-hydrogen) atoms. The molecule has 3 N–H and O–H groups in total. The van der Waals surface area contributed by atoms with Crippen LogP contribution in [0.15, 0.2) is 30.3 Å². The van der Waals surface area contributed by atoms with Gasteiger partial charge in [0.05, 0.1) is 0 Å². The van der Waals surface area contributed by atoms with Gasteiger partial charge in [-0.05, 0) is 11.5 Å². The molecular formula is C14H20N2O3. The zero-order chi connectivity index (χ0) is 14.3. The Kier molecular flexibility index (Phi) is 5.85. The third kappa shape index (κ3) is 4.99. The molecule has 0 aliphatic heterocycles. The summed E-state index contributed by atoms with van der Waals surface area (Å²) in [6.07, 6.45) is 0.960. The van der Waals surface area contributed by atoms with Gasteiger partial charge in [-0.2, -0.15) is 0 Å². The number of carboxylic acids is 1. The number of carboxylic acid groups (broad SMARTS) is 1. The lowest BCUT2D eigenvalue weighted by atomic mass is 10.1. The highest BCUT2D eigenvalue weighted by Crippen LogP contribution is 2.12. The molecule has 2 amide bonds. The minimum Gasteiger partial charge on any atom is -0.479 e. The average molecular weight is 264 g/mol. The normalized spacial score (nSPS) is 13.4. The van der Waals surface area contributed by atoms with Gasteiger partial charge in [-0.3, -0.25) is 0 Å². The number of nitrogens with one attached hydrogen (secondary N) is 2. The Morgan fingerprint density at radius 2 is 1.89 bits per heavy atom. The lowest BCUT2D eigenvalue weighted by Gasteiger charge is -2.16. The third-order valence-corrected chi connectivity index (χ3v) is 2.96. The van der Waals surface area contributed by atoms with Crippen LogP contribution in [-0.2, 0) is 4.79 Å². The van der Waals surface area contributed by atoms with Crippen molar-refractivity contribution < 1.29 is 14.7 Å². The zero-order valence-electron chi connectivity index (χ0n) is 11.2. The minimum absolute atomic E-state index is 0.366. The van der Waals surface area contributed by atoms with Gasteiger partial charge in [-0.25, -0.2) is 9.59 Å². The number of rotatable bonds is 6. The molecule has 104 valence electrons. The highest BCUT2D eigenvalue weighted by molar-refractivity contribution is 5.83. The molecular weight excluding hydrogens is 244 g/mol. The van der Waals surface area contributed by atoms with Gasteiger partial charge in [-0.1, -0.05) is 50.6 Å². The molecule has 0 aromatic heterocycles. The number of aliphatic carboxylic acids is 1. The first-order chi connectivity index (χ1) is 9.04. The Hall–Kier alpha value is -2.04. The van der Waals surface area contributed by atoms with Crippen LogP contribution in [0.5, 0.6) is 0 Å². The van der Waals surface area contributed by atoms with Gasteiger partial charge in [0.1, 0.15) is 0 Å². The SMILES string of the molecule is CCC(C)CNC(=O)NC(C(=O)O)c1ccccc1. The van der Waals surface area contributed by atoms with Crippen molar-refractivity contribution in [3.05, 3.63) is 35.9 Å². The maximum absolute atomic E-state index is 11.7. The van der Waals surface area contributed by atoms with E-state index in [1.165, 1.54) is 0 Å². The van der Waals surface area contributed by atoms with Crippen molar-refractivity contribution in [2.75, 3.05) is 6.54 Å². The first-order valence-corrected chi connectivity index (χ1v) is 6.36. The summed E-state index contributed by atoms with van der Waals surface area (Å²) in [5, 5.41) is 14.3. The number of amides is 2. The van der Waals surface area contributed by atoms with Crippen LogP contribution in [0.25, 0.3) is 0 Å². The van der Waals surface area contributed by atoms with Crippen LogP contribution in [0.3, 0.4) is 0 Å². The third-order valence-electron chi connectivity index (χ3n) is 2.96. The Labute approximate surface area is 113 Å². The van der Waals surface area contributed by atoms with Crippen LogP contribution in [0, 0.1) is 5.92 Å². The first-order valence-electron chi connectivity index (χ1n) is 6.36. The number of hydrogen-bond donors (Lipinski definition) is 3. The summed E-state index contributed by atoms with van der Waals surface area (Å²) >= 11 is 0. The van der Waals surface area contributed by atoms with Crippen LogP contribution in [0.4, 0.5) is 4.79 Å². The number of hydrogen-bond acceptors (Lipinski definition) is 2. The summed E-state index contributed by atoms with van der Waals surface area (Å²) in [7, 11) is 0. The van der Waals surface area contributed by atoms with E-state index in [9.17, 15) is 9.59 Å². The van der Waals surface area contributed by atoms with Crippen molar-refractivity contribution in [1.82, 2.24) is 10.6 Å². The predicted molar refractivity (Wildman–Crippen MR) is 72.8 cm³/mol. The fourth-order valence-electron chi connectivity index (χ4n) is 1.53. The van der Waals surface area contributed by atoms with E-state index < -0.39 is 18.0 Å². The van der Waals surface area contributed by atoms with Crippen LogP contribution >= 0.6 is 0 Å². The molecule has 5 nitrogen and oxygen atoms in total. The molecule has 0 aliphatic rings. The molecule has 0 spiro atoms. The Balaban J connectivity index is 2.60. The zero-order valence-corrected chi connectivity index (χ0v) is 11.2. The summed E-state index contributed by atoms with van der Waals surface area (Å²) in [5.41, 5.74) is 0.550. The second kappa shape index (κ2) is 7.41. The molecule has 0 bridgehead atoms. The summed E-state index contributed by atoms with van der Waals surface area (Å²) in [6.45, 7) is 4.59. The van der Waals surface area contributed by atoms with Crippen LogP contribution in [0.1, 0.15) is 31.9 Å². The topological polar surface area (TPSA) is 78.4 Å². The quantitative estimate of drug-likeness (QED) is 0.736. The summed E-state index contributed by atoms with van der Waals surface area (Å²) in [4.78, 5) is 22.9. The van der Waals surface area contributed by atoms with E-state index in [4.69, 9.17) is 5.11 Å². The molecule has 0 heterocycles. The van der Waals surface area contributed by atoms with E-state index in [0.29, 0.717) is 18.0 Å². The van der Waals surface area contributed by atoms with Crippen LogP contribution < -0.4 is 10.6 Å². The fraction of sp³-hybridized carbons (Fsp3) is 0.429. The summed E-state index contributed by atoms with van der Waals surface area (Å²) in [6, 6.07) is 7.13.